The van der Waals surface area contributed by atoms with Crippen molar-refractivity contribution in [3.63, 3.8) is 0 Å². The molecule has 8 heavy (non-hydrogen) atoms. The molecule has 0 rings (SSSR count). The highest BCUT2D eigenvalue weighted by molar-refractivity contribution is 5.71. The fraction of sp³-hybridized carbons (Fsp3) is 0.750. The van der Waals surface area contributed by atoms with Crippen LogP contribution in [0.3, 0.4) is 0 Å². The minimum Gasteiger partial charge on any atom is -0.330 e. The van der Waals surface area contributed by atoms with Crippen LogP contribution >= 0.6 is 0 Å². The van der Waals surface area contributed by atoms with Crippen LogP contribution in [-0.4, -0.2) is 17.8 Å². The van der Waals surface area contributed by atoms with Gasteiger partial charge in [0.25, 0.3) is 0 Å². The topological polar surface area (TPSA) is 72.6 Å². The first kappa shape index (κ1) is 7.39. The second-order valence-corrected chi connectivity index (χ2v) is 1.55. The third-order valence-corrected chi connectivity index (χ3v) is 0.846. The second kappa shape index (κ2) is 3.40. The molecule has 0 aliphatic rings. The van der Waals surface area contributed by atoms with Crippen molar-refractivity contribution < 1.29 is 14.9 Å². The van der Waals surface area contributed by atoms with E-state index in [1.54, 1.807) is 6.92 Å². The predicted molar refractivity (Wildman–Crippen MR) is 26.9 cm³/mol. The normalized spacial score (nSPS) is 12.9. The summed E-state index contributed by atoms with van der Waals surface area (Å²) in [5, 5.41) is 7.73. The number of carbonyl (C=O) groups is 1. The number of hydrogen-bond acceptors (Lipinski definition) is 4. The molecule has 0 aromatic rings. The van der Waals surface area contributed by atoms with Crippen LogP contribution in [-0.2, 0) is 9.68 Å². The van der Waals surface area contributed by atoms with Crippen LogP contribution in [0, 0.1) is 5.92 Å². The Morgan fingerprint density at radius 3 is 2.62 bits per heavy atom. The summed E-state index contributed by atoms with van der Waals surface area (Å²) in [4.78, 5) is 13.6. The third-order valence-electron chi connectivity index (χ3n) is 0.846. The lowest BCUT2D eigenvalue weighted by atomic mass is 10.2. The van der Waals surface area contributed by atoms with Crippen molar-refractivity contribution in [2.45, 2.75) is 6.92 Å². The van der Waals surface area contributed by atoms with Gasteiger partial charge in [-0.1, -0.05) is 6.92 Å². The first-order valence-electron chi connectivity index (χ1n) is 2.27. The minimum atomic E-state index is -0.687. The number of rotatable bonds is 2. The molecular formula is C4H9NO3. The SMILES string of the molecule is CC(CN)C(=O)OO. The van der Waals surface area contributed by atoms with Gasteiger partial charge in [-0.3, -0.25) is 0 Å². The highest BCUT2D eigenvalue weighted by Gasteiger charge is 2.10. The van der Waals surface area contributed by atoms with Crippen molar-refractivity contribution in [1.82, 2.24) is 0 Å². The summed E-state index contributed by atoms with van der Waals surface area (Å²) < 4.78 is 0. The molecule has 48 valence electrons. The fourth-order valence-electron chi connectivity index (χ4n) is 0.186. The molecule has 0 aromatic carbocycles. The van der Waals surface area contributed by atoms with Crippen LogP contribution in [0.1, 0.15) is 6.92 Å². The molecule has 0 heterocycles. The Morgan fingerprint density at radius 2 is 2.50 bits per heavy atom. The molecule has 0 saturated carbocycles. The number of nitrogens with two attached hydrogens (primary N) is 1. The van der Waals surface area contributed by atoms with Gasteiger partial charge in [0.2, 0.25) is 0 Å². The van der Waals surface area contributed by atoms with E-state index in [-0.39, 0.29) is 6.54 Å². The quantitative estimate of drug-likeness (QED) is 0.383. The summed E-state index contributed by atoms with van der Waals surface area (Å²) in [7, 11) is 0. The molecule has 1 atom stereocenters. The van der Waals surface area contributed by atoms with E-state index < -0.39 is 11.9 Å². The Hall–Kier alpha value is -0.610. The van der Waals surface area contributed by atoms with Gasteiger partial charge < -0.3 is 10.6 Å². The van der Waals surface area contributed by atoms with Gasteiger partial charge in [0, 0.05) is 6.54 Å². The van der Waals surface area contributed by atoms with Crippen LogP contribution in [0.25, 0.3) is 0 Å². The summed E-state index contributed by atoms with van der Waals surface area (Å²) in [5.41, 5.74) is 5.04. The Balaban J connectivity index is 3.46. The summed E-state index contributed by atoms with van der Waals surface area (Å²) >= 11 is 0. The van der Waals surface area contributed by atoms with E-state index in [2.05, 4.69) is 4.89 Å². The molecule has 0 bridgehead atoms. The lowest BCUT2D eigenvalue weighted by molar-refractivity contribution is -0.238. The summed E-state index contributed by atoms with van der Waals surface area (Å²) in [6.45, 7) is 1.76. The van der Waals surface area contributed by atoms with Gasteiger partial charge in [0.1, 0.15) is 0 Å². The van der Waals surface area contributed by atoms with Crippen LogP contribution in [0.4, 0.5) is 0 Å². The lowest BCUT2D eigenvalue weighted by Crippen LogP contribution is -2.21. The fourth-order valence-corrected chi connectivity index (χ4v) is 0.186. The van der Waals surface area contributed by atoms with Crippen molar-refractivity contribution >= 4 is 5.97 Å². The Kier molecular flexibility index (Phi) is 3.14. The summed E-state index contributed by atoms with van der Waals surface area (Å²) in [6.07, 6.45) is 0. The van der Waals surface area contributed by atoms with Crippen molar-refractivity contribution in [3.05, 3.63) is 0 Å². The maximum absolute atomic E-state index is 10.2. The van der Waals surface area contributed by atoms with Gasteiger partial charge in [-0.25, -0.2) is 4.79 Å². The summed E-state index contributed by atoms with van der Waals surface area (Å²) in [6, 6.07) is 0. The van der Waals surface area contributed by atoms with E-state index in [9.17, 15) is 4.79 Å². The Labute approximate surface area is 47.2 Å². The first-order chi connectivity index (χ1) is 3.72. The monoisotopic (exact) mass is 119 g/mol. The first-order valence-corrected chi connectivity index (χ1v) is 2.27. The molecule has 0 amide bonds. The molecule has 0 spiro atoms. The minimum absolute atomic E-state index is 0.194. The van der Waals surface area contributed by atoms with Crippen LogP contribution in [0.5, 0.6) is 0 Å². The molecule has 3 N–H and O–H groups in total. The van der Waals surface area contributed by atoms with E-state index in [4.69, 9.17) is 11.0 Å². The zero-order chi connectivity index (χ0) is 6.57. The maximum atomic E-state index is 10.2. The molecule has 0 fully saturated rings. The van der Waals surface area contributed by atoms with Gasteiger partial charge in [0.15, 0.2) is 0 Å². The lowest BCUT2D eigenvalue weighted by Gasteiger charge is -2.00. The average molecular weight is 119 g/mol. The number of carbonyl (C=O) groups excluding carboxylic acids is 1. The van der Waals surface area contributed by atoms with E-state index in [0.29, 0.717) is 0 Å². The third kappa shape index (κ3) is 1.90. The standard InChI is InChI=1S/C4H9NO3/c1-3(2-5)4(6)8-7/h3,7H,2,5H2,1H3. The van der Waals surface area contributed by atoms with Crippen molar-refractivity contribution in [2.24, 2.45) is 11.7 Å². The zero-order valence-corrected chi connectivity index (χ0v) is 4.63. The zero-order valence-electron chi connectivity index (χ0n) is 4.63. The molecule has 0 radical (unpaired) electrons. The molecule has 0 aliphatic carbocycles. The highest BCUT2D eigenvalue weighted by Crippen LogP contribution is 1.91. The van der Waals surface area contributed by atoms with E-state index in [1.165, 1.54) is 0 Å². The molecule has 0 aliphatic heterocycles. The molecule has 4 nitrogen and oxygen atoms in total. The van der Waals surface area contributed by atoms with Crippen LogP contribution in [0.15, 0.2) is 0 Å². The molecule has 0 aromatic heterocycles. The smallest absolute Gasteiger partial charge is 0.330 e. The second-order valence-electron chi connectivity index (χ2n) is 1.55. The Bertz CT molecular complexity index is 83.4. The van der Waals surface area contributed by atoms with E-state index in [1.807, 2.05) is 0 Å². The van der Waals surface area contributed by atoms with Crippen molar-refractivity contribution in [2.75, 3.05) is 6.54 Å². The molecule has 4 heteroatoms. The van der Waals surface area contributed by atoms with Gasteiger partial charge in [-0.05, 0) is 0 Å². The molecular weight excluding hydrogens is 110 g/mol. The van der Waals surface area contributed by atoms with Crippen molar-refractivity contribution in [3.8, 4) is 0 Å². The van der Waals surface area contributed by atoms with Crippen molar-refractivity contribution in [1.29, 1.82) is 0 Å². The van der Waals surface area contributed by atoms with Crippen LogP contribution < -0.4 is 5.73 Å². The summed E-state index contributed by atoms with van der Waals surface area (Å²) in [5.74, 6) is -1.10. The van der Waals surface area contributed by atoms with E-state index in [0.717, 1.165) is 0 Å². The van der Waals surface area contributed by atoms with Gasteiger partial charge in [0.05, 0.1) is 5.92 Å². The largest absolute Gasteiger partial charge is 0.346 e. The number of hydrogen-bond donors (Lipinski definition) is 2. The van der Waals surface area contributed by atoms with Crippen LogP contribution in [0.2, 0.25) is 0 Å². The van der Waals surface area contributed by atoms with Gasteiger partial charge >= 0.3 is 5.97 Å². The Morgan fingerprint density at radius 1 is 2.00 bits per heavy atom. The molecule has 1 unspecified atom stereocenters. The predicted octanol–water partition coefficient (Wildman–Crippen LogP) is -0.403. The maximum Gasteiger partial charge on any atom is 0.346 e. The van der Waals surface area contributed by atoms with Gasteiger partial charge in [-0.15, -0.1) is 0 Å². The van der Waals surface area contributed by atoms with Gasteiger partial charge in [-0.2, -0.15) is 5.26 Å². The average Bonchev–Trinajstić information content (AvgIpc) is 1.84. The highest BCUT2D eigenvalue weighted by atomic mass is 17.1. The van der Waals surface area contributed by atoms with E-state index >= 15 is 0 Å². The molecule has 0 saturated heterocycles.